The maximum Gasteiger partial charge on any atom is 0.160 e. The first-order valence-corrected chi connectivity index (χ1v) is 5.35. The van der Waals surface area contributed by atoms with Crippen molar-refractivity contribution in [2.45, 2.75) is 6.92 Å². The molecule has 0 amide bonds. The van der Waals surface area contributed by atoms with Crippen LogP contribution in [0, 0.1) is 11.6 Å². The van der Waals surface area contributed by atoms with Gasteiger partial charge in [-0.25, -0.2) is 8.78 Å². The van der Waals surface area contributed by atoms with Gasteiger partial charge in [0.25, 0.3) is 0 Å². The second kappa shape index (κ2) is 4.91. The molecule has 0 bridgehead atoms. The van der Waals surface area contributed by atoms with Gasteiger partial charge in [-0.2, -0.15) is 0 Å². The number of anilines is 2. The van der Waals surface area contributed by atoms with Crippen LogP contribution in [0.15, 0.2) is 42.7 Å². The van der Waals surface area contributed by atoms with Crippen molar-refractivity contribution in [3.05, 3.63) is 54.4 Å². The Bertz CT molecular complexity index is 500. The largest absolute Gasteiger partial charge is 0.342 e. The minimum absolute atomic E-state index is 0.623. The highest BCUT2D eigenvalue weighted by molar-refractivity contribution is 5.62. The molecule has 0 aliphatic carbocycles. The normalized spacial score (nSPS) is 10.3. The third kappa shape index (κ3) is 2.41. The third-order valence-corrected chi connectivity index (χ3v) is 2.51. The van der Waals surface area contributed by atoms with Crippen LogP contribution in [0.1, 0.15) is 6.92 Å². The van der Waals surface area contributed by atoms with Gasteiger partial charge in [0.15, 0.2) is 11.6 Å². The average molecular weight is 234 g/mol. The Morgan fingerprint density at radius 3 is 2.29 bits per heavy atom. The summed E-state index contributed by atoms with van der Waals surface area (Å²) in [5.74, 6) is -1.67. The molecule has 2 rings (SSSR count). The lowest BCUT2D eigenvalue weighted by Crippen LogP contribution is -2.16. The predicted octanol–water partition coefficient (Wildman–Crippen LogP) is 3.52. The molecule has 0 unspecified atom stereocenters. The zero-order valence-electron chi connectivity index (χ0n) is 9.40. The highest BCUT2D eigenvalue weighted by Crippen LogP contribution is 2.25. The van der Waals surface area contributed by atoms with Crippen LogP contribution >= 0.6 is 0 Å². The summed E-state index contributed by atoms with van der Waals surface area (Å²) < 4.78 is 26.0. The second-order valence-electron chi connectivity index (χ2n) is 3.55. The number of aromatic nitrogens is 1. The zero-order valence-corrected chi connectivity index (χ0v) is 9.40. The number of pyridine rings is 1. The molecule has 0 aliphatic rings. The van der Waals surface area contributed by atoms with Gasteiger partial charge in [0.2, 0.25) is 0 Å². The summed E-state index contributed by atoms with van der Waals surface area (Å²) in [6.07, 6.45) is 3.33. The number of rotatable bonds is 3. The van der Waals surface area contributed by atoms with Crippen molar-refractivity contribution in [2.24, 2.45) is 0 Å². The fraction of sp³-hybridized carbons (Fsp3) is 0.154. The molecular weight excluding hydrogens is 222 g/mol. The SMILES string of the molecule is CCN(c1ccncc1)c1ccc(F)c(F)c1. The molecule has 88 valence electrons. The Balaban J connectivity index is 2.39. The van der Waals surface area contributed by atoms with Crippen LogP contribution in [-0.2, 0) is 0 Å². The summed E-state index contributed by atoms with van der Waals surface area (Å²) >= 11 is 0. The van der Waals surface area contributed by atoms with Crippen LogP contribution in [0.3, 0.4) is 0 Å². The van der Waals surface area contributed by atoms with E-state index in [9.17, 15) is 8.78 Å². The van der Waals surface area contributed by atoms with E-state index in [0.717, 1.165) is 11.8 Å². The van der Waals surface area contributed by atoms with Crippen molar-refractivity contribution in [3.63, 3.8) is 0 Å². The Hall–Kier alpha value is -1.97. The molecule has 1 heterocycles. The molecule has 0 spiro atoms. The predicted molar refractivity (Wildman–Crippen MR) is 63.3 cm³/mol. The number of hydrogen-bond acceptors (Lipinski definition) is 2. The molecule has 17 heavy (non-hydrogen) atoms. The summed E-state index contributed by atoms with van der Waals surface area (Å²) in [5.41, 5.74) is 1.52. The van der Waals surface area contributed by atoms with Gasteiger partial charge in [-0.05, 0) is 31.2 Å². The summed E-state index contributed by atoms with van der Waals surface area (Å²) in [5, 5.41) is 0. The molecule has 0 saturated heterocycles. The van der Waals surface area contributed by atoms with Crippen molar-refractivity contribution in [1.82, 2.24) is 4.98 Å². The molecule has 0 atom stereocenters. The summed E-state index contributed by atoms with van der Waals surface area (Å²) in [4.78, 5) is 5.81. The number of hydrogen-bond donors (Lipinski definition) is 0. The minimum Gasteiger partial charge on any atom is -0.342 e. The second-order valence-corrected chi connectivity index (χ2v) is 3.55. The Morgan fingerprint density at radius 2 is 1.71 bits per heavy atom. The van der Waals surface area contributed by atoms with Crippen molar-refractivity contribution >= 4 is 11.4 Å². The van der Waals surface area contributed by atoms with Crippen molar-refractivity contribution < 1.29 is 8.78 Å². The highest BCUT2D eigenvalue weighted by Gasteiger charge is 2.09. The monoisotopic (exact) mass is 234 g/mol. The molecule has 2 aromatic rings. The molecular formula is C13H12F2N2. The first-order chi connectivity index (χ1) is 8.22. The van der Waals surface area contributed by atoms with E-state index >= 15 is 0 Å². The third-order valence-electron chi connectivity index (χ3n) is 2.51. The van der Waals surface area contributed by atoms with Crippen LogP contribution < -0.4 is 4.90 Å². The van der Waals surface area contributed by atoms with E-state index in [1.54, 1.807) is 18.5 Å². The first-order valence-electron chi connectivity index (χ1n) is 5.35. The van der Waals surface area contributed by atoms with Crippen molar-refractivity contribution in [2.75, 3.05) is 11.4 Å². The van der Waals surface area contributed by atoms with Crippen LogP contribution in [0.25, 0.3) is 0 Å². The average Bonchev–Trinajstić information content (AvgIpc) is 2.36. The number of nitrogens with zero attached hydrogens (tertiary/aromatic N) is 2. The Kier molecular flexibility index (Phi) is 3.32. The van der Waals surface area contributed by atoms with Crippen LogP contribution in [-0.4, -0.2) is 11.5 Å². The highest BCUT2D eigenvalue weighted by atomic mass is 19.2. The molecule has 0 saturated carbocycles. The molecule has 1 aromatic heterocycles. The molecule has 4 heteroatoms. The first kappa shape index (κ1) is 11.5. The van der Waals surface area contributed by atoms with E-state index in [0.29, 0.717) is 12.2 Å². The Labute approximate surface area is 98.5 Å². The maximum atomic E-state index is 13.2. The molecule has 0 fully saturated rings. The topological polar surface area (TPSA) is 16.1 Å². The van der Waals surface area contributed by atoms with E-state index in [4.69, 9.17) is 0 Å². The smallest absolute Gasteiger partial charge is 0.160 e. The van der Waals surface area contributed by atoms with Crippen LogP contribution in [0.2, 0.25) is 0 Å². The Morgan fingerprint density at radius 1 is 1.00 bits per heavy atom. The molecule has 0 aliphatic heterocycles. The molecule has 0 N–H and O–H groups in total. The quantitative estimate of drug-likeness (QED) is 0.807. The number of halogens is 2. The van der Waals surface area contributed by atoms with Gasteiger partial charge in [-0.1, -0.05) is 0 Å². The lowest BCUT2D eigenvalue weighted by atomic mass is 10.2. The fourth-order valence-electron chi connectivity index (χ4n) is 1.69. The van der Waals surface area contributed by atoms with Gasteiger partial charge in [-0.3, -0.25) is 4.98 Å². The van der Waals surface area contributed by atoms with E-state index in [1.807, 2.05) is 24.0 Å². The molecule has 0 radical (unpaired) electrons. The lowest BCUT2D eigenvalue weighted by molar-refractivity contribution is 0.508. The lowest BCUT2D eigenvalue weighted by Gasteiger charge is -2.23. The van der Waals surface area contributed by atoms with Crippen LogP contribution in [0.4, 0.5) is 20.2 Å². The molecule has 2 nitrogen and oxygen atoms in total. The van der Waals surface area contributed by atoms with E-state index in [1.165, 1.54) is 6.07 Å². The van der Waals surface area contributed by atoms with Gasteiger partial charge >= 0.3 is 0 Å². The standard InChI is InChI=1S/C13H12F2N2/c1-2-17(10-5-7-16-8-6-10)11-3-4-12(14)13(15)9-11/h3-9H,2H2,1H3. The van der Waals surface area contributed by atoms with Crippen LogP contribution in [0.5, 0.6) is 0 Å². The fourth-order valence-corrected chi connectivity index (χ4v) is 1.69. The summed E-state index contributed by atoms with van der Waals surface area (Å²) in [6.45, 7) is 2.61. The maximum absolute atomic E-state index is 13.2. The van der Waals surface area contributed by atoms with Gasteiger partial charge < -0.3 is 4.90 Å². The minimum atomic E-state index is -0.838. The van der Waals surface area contributed by atoms with E-state index < -0.39 is 11.6 Å². The van der Waals surface area contributed by atoms with Crippen molar-refractivity contribution in [3.8, 4) is 0 Å². The van der Waals surface area contributed by atoms with Gasteiger partial charge in [0.05, 0.1) is 0 Å². The molecule has 1 aromatic carbocycles. The van der Waals surface area contributed by atoms with Gasteiger partial charge in [-0.15, -0.1) is 0 Å². The summed E-state index contributed by atoms with van der Waals surface area (Å²) in [7, 11) is 0. The number of benzene rings is 1. The van der Waals surface area contributed by atoms with Crippen molar-refractivity contribution in [1.29, 1.82) is 0 Å². The summed E-state index contributed by atoms with van der Waals surface area (Å²) in [6, 6.07) is 7.53. The zero-order chi connectivity index (χ0) is 12.3. The van der Waals surface area contributed by atoms with Gasteiger partial charge in [0, 0.05) is 36.4 Å². The van der Waals surface area contributed by atoms with E-state index in [-0.39, 0.29) is 0 Å². The van der Waals surface area contributed by atoms with E-state index in [2.05, 4.69) is 4.98 Å². The van der Waals surface area contributed by atoms with Gasteiger partial charge in [0.1, 0.15) is 0 Å².